The molecule has 0 unspecified atom stereocenters. The van der Waals surface area contributed by atoms with Gasteiger partial charge in [0.15, 0.2) is 0 Å². The number of amides is 4. The van der Waals surface area contributed by atoms with Gasteiger partial charge in [0.05, 0.1) is 25.6 Å². The van der Waals surface area contributed by atoms with Crippen LogP contribution in [0.25, 0.3) is 0 Å². The van der Waals surface area contributed by atoms with E-state index in [1.807, 2.05) is 0 Å². The molecule has 196 valence electrons. The number of carbonyl (C=O) groups excluding carboxylic acids is 4. The highest BCUT2D eigenvalue weighted by atomic mass is 16.4. The number of hydrogen-bond acceptors (Lipinski definition) is 9. The number of nitrogens with one attached hydrogen (secondary N) is 5. The van der Waals surface area contributed by atoms with Gasteiger partial charge in [0.25, 0.3) is 0 Å². The Kier molecular flexibility index (Phi) is 11.8. The van der Waals surface area contributed by atoms with Crippen LogP contribution in [0, 0.1) is 5.92 Å². The predicted octanol–water partition coefficient (Wildman–Crippen LogP) is -4.04. The number of aliphatic hydroxyl groups is 2. The van der Waals surface area contributed by atoms with Crippen molar-refractivity contribution in [3.8, 4) is 0 Å². The molecule has 1 aromatic rings. The van der Waals surface area contributed by atoms with Crippen LogP contribution in [0.3, 0.4) is 0 Å². The number of nitrogens with two attached hydrogens (primary N) is 1. The number of aromatic amines is 1. The van der Waals surface area contributed by atoms with Crippen LogP contribution in [-0.2, 0) is 30.4 Å². The number of nitrogens with zero attached hydrogens (tertiary/aromatic N) is 1. The van der Waals surface area contributed by atoms with Crippen LogP contribution in [0.15, 0.2) is 12.5 Å². The third kappa shape index (κ3) is 9.68. The summed E-state index contributed by atoms with van der Waals surface area (Å²) in [5.74, 6) is -5.04. The molecular formula is C20H33N7O8. The van der Waals surface area contributed by atoms with Crippen molar-refractivity contribution in [1.82, 2.24) is 31.2 Å². The van der Waals surface area contributed by atoms with Gasteiger partial charge in [-0.25, -0.2) is 9.78 Å². The number of imidazole rings is 1. The fraction of sp³-hybridized carbons (Fsp3) is 0.600. The number of carbonyl (C=O) groups is 5. The van der Waals surface area contributed by atoms with E-state index in [0.29, 0.717) is 5.69 Å². The lowest BCUT2D eigenvalue weighted by atomic mass is 10.0. The summed E-state index contributed by atoms with van der Waals surface area (Å²) in [6.07, 6.45) is 1.50. The summed E-state index contributed by atoms with van der Waals surface area (Å²) >= 11 is 0. The van der Waals surface area contributed by atoms with Gasteiger partial charge in [-0.3, -0.25) is 19.2 Å². The molecule has 1 rings (SSSR count). The maximum Gasteiger partial charge on any atom is 0.326 e. The molecule has 1 aromatic heterocycles. The van der Waals surface area contributed by atoms with E-state index in [2.05, 4.69) is 31.2 Å². The standard InChI is InChI=1S/C20H33N7O8/c1-9(2)16(27-14(30)6-23-18(32)15(21)10(3)29)19(33)26-13(7-28)17(31)25-12(20(34)35)4-11-5-22-8-24-11/h5,8-10,12-13,15-16,28-29H,4,6-7,21H2,1-3H3,(H,22,24)(H,23,32)(H,25,31)(H,26,33)(H,27,30)(H,34,35)/t10-,12+,13+,15+,16+/m1/s1. The van der Waals surface area contributed by atoms with Crippen molar-refractivity contribution in [2.24, 2.45) is 11.7 Å². The first kappa shape index (κ1) is 29.5. The smallest absolute Gasteiger partial charge is 0.326 e. The molecular weight excluding hydrogens is 466 g/mol. The van der Waals surface area contributed by atoms with Crippen LogP contribution in [0.1, 0.15) is 26.5 Å². The molecule has 15 heteroatoms. The molecule has 0 spiro atoms. The van der Waals surface area contributed by atoms with Crippen molar-refractivity contribution in [2.45, 2.75) is 57.5 Å². The highest BCUT2D eigenvalue weighted by molar-refractivity contribution is 5.94. The van der Waals surface area contributed by atoms with Crippen LogP contribution in [-0.4, -0.2) is 98.3 Å². The molecule has 0 bridgehead atoms. The molecule has 0 aliphatic rings. The van der Waals surface area contributed by atoms with Gasteiger partial charge in [0.1, 0.15) is 24.2 Å². The molecule has 0 aliphatic carbocycles. The lowest BCUT2D eigenvalue weighted by molar-refractivity contribution is -0.142. The van der Waals surface area contributed by atoms with E-state index in [4.69, 9.17) is 5.73 Å². The zero-order chi connectivity index (χ0) is 26.7. The zero-order valence-corrected chi connectivity index (χ0v) is 19.6. The molecule has 0 aliphatic heterocycles. The highest BCUT2D eigenvalue weighted by Gasteiger charge is 2.31. The summed E-state index contributed by atoms with van der Waals surface area (Å²) in [5.41, 5.74) is 5.92. The van der Waals surface area contributed by atoms with Crippen molar-refractivity contribution in [3.05, 3.63) is 18.2 Å². The highest BCUT2D eigenvalue weighted by Crippen LogP contribution is 2.04. The Morgan fingerprint density at radius 1 is 1.03 bits per heavy atom. The van der Waals surface area contributed by atoms with Gasteiger partial charge in [-0.1, -0.05) is 13.8 Å². The monoisotopic (exact) mass is 499 g/mol. The molecule has 0 saturated carbocycles. The third-order valence-corrected chi connectivity index (χ3v) is 4.92. The van der Waals surface area contributed by atoms with E-state index in [1.165, 1.54) is 19.4 Å². The van der Waals surface area contributed by atoms with Crippen molar-refractivity contribution >= 4 is 29.6 Å². The van der Waals surface area contributed by atoms with Gasteiger partial charge in [-0.15, -0.1) is 0 Å². The summed E-state index contributed by atoms with van der Waals surface area (Å²) in [7, 11) is 0. The minimum Gasteiger partial charge on any atom is -0.480 e. The fourth-order valence-electron chi connectivity index (χ4n) is 2.81. The van der Waals surface area contributed by atoms with Crippen LogP contribution in [0.2, 0.25) is 0 Å². The largest absolute Gasteiger partial charge is 0.480 e. The number of hydrogen-bond donors (Lipinski definition) is 9. The third-order valence-electron chi connectivity index (χ3n) is 4.92. The summed E-state index contributed by atoms with van der Waals surface area (Å²) < 4.78 is 0. The molecule has 10 N–H and O–H groups in total. The van der Waals surface area contributed by atoms with E-state index in [1.54, 1.807) is 13.8 Å². The second-order valence-corrected chi connectivity index (χ2v) is 8.20. The van der Waals surface area contributed by atoms with Crippen LogP contribution < -0.4 is 27.0 Å². The second-order valence-electron chi connectivity index (χ2n) is 8.20. The van der Waals surface area contributed by atoms with Crippen molar-refractivity contribution < 1.29 is 39.3 Å². The first-order valence-electron chi connectivity index (χ1n) is 10.8. The summed E-state index contributed by atoms with van der Waals surface area (Å²) in [5, 5.41) is 37.5. The average molecular weight is 500 g/mol. The van der Waals surface area contributed by atoms with Gasteiger partial charge in [0, 0.05) is 18.3 Å². The van der Waals surface area contributed by atoms with E-state index in [-0.39, 0.29) is 6.42 Å². The Bertz CT molecular complexity index is 875. The Balaban J connectivity index is 2.74. The van der Waals surface area contributed by atoms with Crippen LogP contribution in [0.4, 0.5) is 0 Å². The maximum atomic E-state index is 12.7. The number of H-pyrrole nitrogens is 1. The second kappa shape index (κ2) is 14.0. The summed E-state index contributed by atoms with van der Waals surface area (Å²) in [4.78, 5) is 67.2. The van der Waals surface area contributed by atoms with Gasteiger partial charge in [-0.2, -0.15) is 0 Å². The minimum absolute atomic E-state index is 0.109. The number of rotatable bonds is 14. The molecule has 15 nitrogen and oxygen atoms in total. The van der Waals surface area contributed by atoms with Gasteiger partial charge >= 0.3 is 5.97 Å². The van der Waals surface area contributed by atoms with Crippen molar-refractivity contribution in [3.63, 3.8) is 0 Å². The topological polar surface area (TPSA) is 249 Å². The van der Waals surface area contributed by atoms with Gasteiger partial charge < -0.3 is 47.3 Å². The normalized spacial score (nSPS) is 15.3. The fourth-order valence-corrected chi connectivity index (χ4v) is 2.81. The molecule has 1 heterocycles. The average Bonchev–Trinajstić information content (AvgIpc) is 3.30. The summed E-state index contributed by atoms with van der Waals surface area (Å²) in [6, 6.07) is -5.23. The quantitative estimate of drug-likeness (QED) is 0.120. The maximum absolute atomic E-state index is 12.7. The van der Waals surface area contributed by atoms with E-state index >= 15 is 0 Å². The molecule has 0 saturated heterocycles. The van der Waals surface area contributed by atoms with Crippen molar-refractivity contribution in [1.29, 1.82) is 0 Å². The molecule has 0 radical (unpaired) electrons. The molecule has 5 atom stereocenters. The first-order valence-corrected chi connectivity index (χ1v) is 10.8. The lowest BCUT2D eigenvalue weighted by Crippen LogP contribution is -2.59. The first-order chi connectivity index (χ1) is 16.4. The Hall–Kier alpha value is -3.56. The van der Waals surface area contributed by atoms with Crippen LogP contribution >= 0.6 is 0 Å². The Morgan fingerprint density at radius 2 is 1.66 bits per heavy atom. The number of carboxylic acid groups (broad SMARTS) is 1. The number of aliphatic carboxylic acids is 1. The number of aromatic nitrogens is 2. The minimum atomic E-state index is -1.49. The zero-order valence-electron chi connectivity index (χ0n) is 19.6. The number of carboxylic acids is 1. The Morgan fingerprint density at radius 3 is 2.14 bits per heavy atom. The van der Waals surface area contributed by atoms with E-state index in [0.717, 1.165) is 0 Å². The van der Waals surface area contributed by atoms with Crippen LogP contribution in [0.5, 0.6) is 0 Å². The van der Waals surface area contributed by atoms with Gasteiger partial charge in [-0.05, 0) is 12.8 Å². The van der Waals surface area contributed by atoms with Gasteiger partial charge in [0.2, 0.25) is 23.6 Å². The summed E-state index contributed by atoms with van der Waals surface area (Å²) in [6.45, 7) is 3.19. The Labute approximate surface area is 201 Å². The number of aliphatic hydroxyl groups excluding tert-OH is 2. The molecule has 4 amide bonds. The molecule has 0 aromatic carbocycles. The predicted molar refractivity (Wildman–Crippen MR) is 120 cm³/mol. The molecule has 35 heavy (non-hydrogen) atoms. The van der Waals surface area contributed by atoms with E-state index in [9.17, 15) is 39.3 Å². The SMILES string of the molecule is CC(C)[C@H](NC(=O)CNC(=O)[C@@H](N)[C@@H](C)O)C(=O)N[C@@H](CO)C(=O)N[C@@H](Cc1cnc[nH]1)C(=O)O. The lowest BCUT2D eigenvalue weighted by Gasteiger charge is -2.25. The van der Waals surface area contributed by atoms with E-state index < -0.39 is 78.9 Å². The van der Waals surface area contributed by atoms with Crippen molar-refractivity contribution in [2.75, 3.05) is 13.2 Å². The molecule has 0 fully saturated rings.